The van der Waals surface area contributed by atoms with Crippen molar-refractivity contribution >= 4 is 12.0 Å². The standard InChI is InChI=1S/C12H11F6NO2/c13-11(14,15)7-19(3-4-20)10-2-1-8(6-21)5-9(10)12(16,17)18/h1-2,5-6,20H,3-4,7H2. The Morgan fingerprint density at radius 3 is 2.19 bits per heavy atom. The summed E-state index contributed by atoms with van der Waals surface area (Å²) in [6.45, 7) is -3.01. The highest BCUT2D eigenvalue weighted by atomic mass is 19.4. The predicted octanol–water partition coefficient (Wildman–Crippen LogP) is 2.88. The molecule has 0 aliphatic rings. The van der Waals surface area contributed by atoms with Gasteiger partial charge >= 0.3 is 12.4 Å². The lowest BCUT2D eigenvalue weighted by Crippen LogP contribution is -2.37. The molecule has 0 aliphatic carbocycles. The molecule has 0 spiro atoms. The van der Waals surface area contributed by atoms with Crippen LogP contribution < -0.4 is 4.90 Å². The fourth-order valence-corrected chi connectivity index (χ4v) is 1.75. The normalized spacial score (nSPS) is 12.3. The Bertz CT molecular complexity index is 498. The minimum absolute atomic E-state index is 0.166. The predicted molar refractivity (Wildman–Crippen MR) is 62.2 cm³/mol. The van der Waals surface area contributed by atoms with Crippen molar-refractivity contribution in [2.24, 2.45) is 0 Å². The Balaban J connectivity index is 3.32. The lowest BCUT2D eigenvalue weighted by molar-refractivity contribution is -0.138. The molecule has 1 aromatic rings. The molecule has 0 unspecified atom stereocenters. The first-order chi connectivity index (χ1) is 9.58. The summed E-state index contributed by atoms with van der Waals surface area (Å²) in [6, 6.07) is 2.25. The van der Waals surface area contributed by atoms with Gasteiger partial charge in [-0.25, -0.2) is 0 Å². The Kier molecular flexibility index (Phi) is 5.21. The van der Waals surface area contributed by atoms with E-state index in [1.165, 1.54) is 0 Å². The molecule has 0 aromatic heterocycles. The van der Waals surface area contributed by atoms with Crippen LogP contribution >= 0.6 is 0 Å². The van der Waals surface area contributed by atoms with E-state index in [0.717, 1.165) is 12.1 Å². The molecule has 0 atom stereocenters. The van der Waals surface area contributed by atoms with Gasteiger partial charge in [-0.2, -0.15) is 26.3 Å². The molecule has 1 aromatic carbocycles. The van der Waals surface area contributed by atoms with Gasteiger partial charge in [0, 0.05) is 17.8 Å². The fraction of sp³-hybridized carbons (Fsp3) is 0.417. The second kappa shape index (κ2) is 6.33. The summed E-state index contributed by atoms with van der Waals surface area (Å²) < 4.78 is 76.0. The van der Waals surface area contributed by atoms with Crippen molar-refractivity contribution in [3.63, 3.8) is 0 Å². The van der Waals surface area contributed by atoms with Gasteiger partial charge < -0.3 is 10.0 Å². The maximum Gasteiger partial charge on any atom is 0.418 e. The minimum Gasteiger partial charge on any atom is -0.395 e. The number of hydrogen-bond acceptors (Lipinski definition) is 3. The van der Waals surface area contributed by atoms with E-state index in [9.17, 15) is 31.1 Å². The van der Waals surface area contributed by atoms with E-state index in [1.807, 2.05) is 0 Å². The molecule has 0 saturated heterocycles. The molecule has 21 heavy (non-hydrogen) atoms. The van der Waals surface area contributed by atoms with Gasteiger partial charge in [-0.1, -0.05) is 0 Å². The highest BCUT2D eigenvalue weighted by Gasteiger charge is 2.38. The monoisotopic (exact) mass is 315 g/mol. The van der Waals surface area contributed by atoms with E-state index in [2.05, 4.69) is 0 Å². The van der Waals surface area contributed by atoms with E-state index in [-0.39, 0.29) is 11.8 Å². The van der Waals surface area contributed by atoms with Crippen LogP contribution in [0.15, 0.2) is 18.2 Å². The SMILES string of the molecule is O=Cc1ccc(N(CCO)CC(F)(F)F)c(C(F)(F)F)c1. The fourth-order valence-electron chi connectivity index (χ4n) is 1.75. The molecule has 0 heterocycles. The minimum atomic E-state index is -4.92. The van der Waals surface area contributed by atoms with E-state index < -0.39 is 43.3 Å². The number of alkyl halides is 6. The van der Waals surface area contributed by atoms with Gasteiger partial charge in [0.15, 0.2) is 0 Å². The van der Waals surface area contributed by atoms with Crippen molar-refractivity contribution in [2.75, 3.05) is 24.6 Å². The number of aldehydes is 1. The summed E-state index contributed by atoms with van der Waals surface area (Å²) in [6.07, 6.45) is -9.49. The maximum atomic E-state index is 12.9. The highest BCUT2D eigenvalue weighted by molar-refractivity contribution is 5.77. The average Bonchev–Trinajstić information content (AvgIpc) is 2.35. The van der Waals surface area contributed by atoms with Gasteiger partial charge in [0.1, 0.15) is 12.8 Å². The number of nitrogens with zero attached hydrogens (tertiary/aromatic N) is 1. The van der Waals surface area contributed by atoms with Gasteiger partial charge in [0.2, 0.25) is 0 Å². The quantitative estimate of drug-likeness (QED) is 0.671. The van der Waals surface area contributed by atoms with Crippen molar-refractivity contribution in [1.29, 1.82) is 0 Å². The topological polar surface area (TPSA) is 40.5 Å². The highest BCUT2D eigenvalue weighted by Crippen LogP contribution is 2.38. The van der Waals surface area contributed by atoms with E-state index >= 15 is 0 Å². The third-order valence-electron chi connectivity index (χ3n) is 2.54. The first-order valence-corrected chi connectivity index (χ1v) is 5.67. The van der Waals surface area contributed by atoms with Gasteiger partial charge in [0.05, 0.1) is 12.2 Å². The van der Waals surface area contributed by atoms with Crippen molar-refractivity contribution < 1.29 is 36.2 Å². The number of aliphatic hydroxyl groups excluding tert-OH is 1. The van der Waals surface area contributed by atoms with Crippen LogP contribution in [0.4, 0.5) is 32.0 Å². The second-order valence-electron chi connectivity index (χ2n) is 4.15. The van der Waals surface area contributed by atoms with E-state index in [1.54, 1.807) is 0 Å². The average molecular weight is 315 g/mol. The number of anilines is 1. The summed E-state index contributed by atoms with van der Waals surface area (Å²) in [4.78, 5) is 10.9. The molecular weight excluding hydrogens is 304 g/mol. The first kappa shape index (κ1) is 17.3. The third kappa shape index (κ3) is 4.92. The first-order valence-electron chi connectivity index (χ1n) is 5.67. The van der Waals surface area contributed by atoms with E-state index in [0.29, 0.717) is 11.0 Å². The van der Waals surface area contributed by atoms with Crippen LogP contribution in [0.2, 0.25) is 0 Å². The Morgan fingerprint density at radius 1 is 1.14 bits per heavy atom. The number of rotatable bonds is 5. The van der Waals surface area contributed by atoms with Crippen LogP contribution in [0.5, 0.6) is 0 Å². The lowest BCUT2D eigenvalue weighted by Gasteiger charge is -2.28. The van der Waals surface area contributed by atoms with Crippen molar-refractivity contribution in [2.45, 2.75) is 12.4 Å². The Morgan fingerprint density at radius 2 is 1.76 bits per heavy atom. The number of aliphatic hydroxyl groups is 1. The van der Waals surface area contributed by atoms with Crippen LogP contribution in [-0.4, -0.2) is 37.3 Å². The van der Waals surface area contributed by atoms with Crippen LogP contribution in [-0.2, 0) is 6.18 Å². The van der Waals surface area contributed by atoms with Gasteiger partial charge in [-0.05, 0) is 18.2 Å². The number of halogens is 6. The molecule has 0 fully saturated rings. The Labute approximate surface area is 115 Å². The van der Waals surface area contributed by atoms with Crippen LogP contribution in [0.3, 0.4) is 0 Å². The number of benzene rings is 1. The smallest absolute Gasteiger partial charge is 0.395 e. The third-order valence-corrected chi connectivity index (χ3v) is 2.54. The largest absolute Gasteiger partial charge is 0.418 e. The second-order valence-corrected chi connectivity index (χ2v) is 4.15. The van der Waals surface area contributed by atoms with Crippen LogP contribution in [0.25, 0.3) is 0 Å². The van der Waals surface area contributed by atoms with E-state index in [4.69, 9.17) is 5.11 Å². The molecule has 1 N–H and O–H groups in total. The zero-order valence-corrected chi connectivity index (χ0v) is 10.5. The maximum absolute atomic E-state index is 12.9. The Hall–Kier alpha value is -1.77. The van der Waals surface area contributed by atoms with Crippen molar-refractivity contribution in [3.05, 3.63) is 29.3 Å². The van der Waals surface area contributed by atoms with Crippen LogP contribution in [0, 0.1) is 0 Å². The summed E-state index contributed by atoms with van der Waals surface area (Å²) in [5.74, 6) is 0. The van der Waals surface area contributed by atoms with Gasteiger partial charge in [0.25, 0.3) is 0 Å². The molecule has 0 amide bonds. The van der Waals surface area contributed by atoms with Crippen LogP contribution in [0.1, 0.15) is 15.9 Å². The molecule has 9 heteroatoms. The molecule has 118 valence electrons. The molecular formula is C12H11F6NO2. The number of carbonyl (C=O) groups excluding carboxylic acids is 1. The molecule has 0 radical (unpaired) electrons. The summed E-state index contributed by atoms with van der Waals surface area (Å²) >= 11 is 0. The lowest BCUT2D eigenvalue weighted by atomic mass is 10.1. The van der Waals surface area contributed by atoms with Gasteiger partial charge in [-0.15, -0.1) is 0 Å². The van der Waals surface area contributed by atoms with Crippen molar-refractivity contribution in [3.8, 4) is 0 Å². The molecule has 0 aliphatic heterocycles. The summed E-state index contributed by atoms with van der Waals surface area (Å²) in [5.41, 5.74) is -2.40. The molecule has 0 saturated carbocycles. The molecule has 1 rings (SSSR count). The van der Waals surface area contributed by atoms with Gasteiger partial charge in [-0.3, -0.25) is 4.79 Å². The molecule has 0 bridgehead atoms. The van der Waals surface area contributed by atoms with Crippen molar-refractivity contribution in [1.82, 2.24) is 0 Å². The summed E-state index contributed by atoms with van der Waals surface area (Å²) in [5, 5.41) is 8.74. The number of carbonyl (C=O) groups is 1. The summed E-state index contributed by atoms with van der Waals surface area (Å²) in [7, 11) is 0. The zero-order chi connectivity index (χ0) is 16.3. The number of hydrogen-bond donors (Lipinski definition) is 1. The molecule has 3 nitrogen and oxygen atoms in total. The zero-order valence-electron chi connectivity index (χ0n) is 10.5.